The molecule has 1 saturated heterocycles. The first-order valence-corrected chi connectivity index (χ1v) is 11.2. The Bertz CT molecular complexity index is 956. The lowest BCUT2D eigenvalue weighted by Crippen LogP contribution is -2.45. The van der Waals surface area contributed by atoms with E-state index in [2.05, 4.69) is 31.6 Å². The molecule has 2 aromatic rings. The third-order valence-corrected chi connectivity index (χ3v) is 6.13. The van der Waals surface area contributed by atoms with E-state index < -0.39 is 0 Å². The molecule has 2 aliphatic heterocycles. The molecule has 7 nitrogen and oxygen atoms in total. The van der Waals surface area contributed by atoms with Crippen molar-refractivity contribution in [3.8, 4) is 0 Å². The summed E-state index contributed by atoms with van der Waals surface area (Å²) < 4.78 is 0. The first-order valence-electron chi connectivity index (χ1n) is 10.9. The highest BCUT2D eigenvalue weighted by Crippen LogP contribution is 2.28. The number of pyridine rings is 1. The van der Waals surface area contributed by atoms with Gasteiger partial charge >= 0.3 is 0 Å². The van der Waals surface area contributed by atoms with Gasteiger partial charge in [-0.25, -0.2) is 4.98 Å². The van der Waals surface area contributed by atoms with Crippen molar-refractivity contribution < 1.29 is 4.79 Å². The summed E-state index contributed by atoms with van der Waals surface area (Å²) in [6.45, 7) is 3.21. The van der Waals surface area contributed by atoms with Gasteiger partial charge in [0.1, 0.15) is 5.82 Å². The summed E-state index contributed by atoms with van der Waals surface area (Å²) >= 11 is 6.28. The number of carbonyl (C=O) groups is 1. The Kier molecular flexibility index (Phi) is 8.98. The number of nitrogens with zero attached hydrogens (tertiary/aromatic N) is 4. The van der Waals surface area contributed by atoms with Crippen molar-refractivity contribution in [1.82, 2.24) is 15.6 Å². The molecule has 1 aromatic heterocycles. The minimum atomic E-state index is 0. The molecule has 32 heavy (non-hydrogen) atoms. The SMILES string of the molecule is CN=C(NCCCC(=O)N1CCc2ccccc21)NC1CCN(c2ncccc2Cl)C1.I. The van der Waals surface area contributed by atoms with Crippen molar-refractivity contribution in [1.29, 1.82) is 0 Å². The lowest BCUT2D eigenvalue weighted by atomic mass is 10.2. The fourth-order valence-electron chi connectivity index (χ4n) is 4.25. The van der Waals surface area contributed by atoms with Gasteiger partial charge in [0.05, 0.1) is 5.02 Å². The molecular weight excluding hydrogens is 539 g/mol. The molecule has 1 amide bonds. The molecule has 0 bridgehead atoms. The highest BCUT2D eigenvalue weighted by atomic mass is 127. The standard InChI is InChI=1S/C23H29ClN6O.HI/c1-25-23(28-18-11-14-29(16-18)22-19(24)7-4-12-26-22)27-13-5-9-21(31)30-15-10-17-6-2-3-8-20(17)30;/h2-4,6-8,12,18H,5,9-11,13-16H2,1H3,(H2,25,27,28);1H. The van der Waals surface area contributed by atoms with Crippen LogP contribution in [0.5, 0.6) is 0 Å². The average molecular weight is 569 g/mol. The number of amides is 1. The molecule has 0 spiro atoms. The summed E-state index contributed by atoms with van der Waals surface area (Å²) in [6.07, 6.45) is 4.98. The number of anilines is 2. The van der Waals surface area contributed by atoms with Crippen LogP contribution >= 0.6 is 35.6 Å². The number of benzene rings is 1. The van der Waals surface area contributed by atoms with Gasteiger partial charge in [-0.1, -0.05) is 29.8 Å². The molecular formula is C23H30ClIN6O. The van der Waals surface area contributed by atoms with Gasteiger partial charge in [-0.05, 0) is 43.0 Å². The number of halogens is 2. The van der Waals surface area contributed by atoms with Crippen LogP contribution in [0.15, 0.2) is 47.6 Å². The van der Waals surface area contributed by atoms with Crippen molar-refractivity contribution >= 4 is 58.9 Å². The minimum absolute atomic E-state index is 0. The van der Waals surface area contributed by atoms with E-state index >= 15 is 0 Å². The van der Waals surface area contributed by atoms with Crippen LogP contribution in [-0.4, -0.2) is 56.1 Å². The van der Waals surface area contributed by atoms with Crippen LogP contribution in [0, 0.1) is 0 Å². The third kappa shape index (κ3) is 5.83. The summed E-state index contributed by atoms with van der Waals surface area (Å²) in [6, 6.07) is 12.1. The quantitative estimate of drug-likeness (QED) is 0.242. The molecule has 1 aromatic carbocycles. The first kappa shape index (κ1) is 24.6. The minimum Gasteiger partial charge on any atom is -0.356 e. The fraction of sp³-hybridized carbons (Fsp3) is 0.435. The van der Waals surface area contributed by atoms with E-state index in [1.165, 1.54) is 5.56 Å². The van der Waals surface area contributed by atoms with Gasteiger partial charge in [-0.2, -0.15) is 0 Å². The average Bonchev–Trinajstić information content (AvgIpc) is 3.43. The molecule has 4 rings (SSSR count). The fourth-order valence-corrected chi connectivity index (χ4v) is 4.49. The van der Waals surface area contributed by atoms with E-state index in [4.69, 9.17) is 11.6 Å². The summed E-state index contributed by atoms with van der Waals surface area (Å²) in [5.74, 6) is 1.78. The zero-order valence-corrected chi connectivity index (χ0v) is 21.3. The lowest BCUT2D eigenvalue weighted by molar-refractivity contribution is -0.118. The van der Waals surface area contributed by atoms with Crippen LogP contribution in [-0.2, 0) is 11.2 Å². The van der Waals surface area contributed by atoms with Crippen LogP contribution in [0.25, 0.3) is 0 Å². The molecule has 0 aliphatic carbocycles. The number of hydrogen-bond donors (Lipinski definition) is 2. The van der Waals surface area contributed by atoms with Gasteiger partial charge < -0.3 is 20.4 Å². The molecule has 9 heteroatoms. The number of guanidine groups is 1. The summed E-state index contributed by atoms with van der Waals surface area (Å²) in [4.78, 5) is 25.5. The first-order chi connectivity index (χ1) is 15.2. The largest absolute Gasteiger partial charge is 0.356 e. The Hall–Kier alpha value is -2.07. The van der Waals surface area contributed by atoms with Crippen molar-refractivity contribution in [2.45, 2.75) is 31.7 Å². The van der Waals surface area contributed by atoms with Gasteiger partial charge in [0.25, 0.3) is 0 Å². The summed E-state index contributed by atoms with van der Waals surface area (Å²) in [5, 5.41) is 7.48. The molecule has 0 saturated carbocycles. The molecule has 1 unspecified atom stereocenters. The number of rotatable bonds is 6. The maximum atomic E-state index is 12.6. The number of carbonyl (C=O) groups excluding carboxylic acids is 1. The van der Waals surface area contributed by atoms with Gasteiger partial charge in [-0.3, -0.25) is 9.79 Å². The molecule has 172 valence electrons. The van der Waals surface area contributed by atoms with Crippen molar-refractivity contribution in [2.24, 2.45) is 4.99 Å². The molecule has 2 aliphatic rings. The number of hydrogen-bond acceptors (Lipinski definition) is 4. The molecule has 1 atom stereocenters. The van der Waals surface area contributed by atoms with Crippen molar-refractivity contribution in [2.75, 3.05) is 43.0 Å². The van der Waals surface area contributed by atoms with Crippen molar-refractivity contribution in [3.63, 3.8) is 0 Å². The second-order valence-corrected chi connectivity index (χ2v) is 8.32. The second kappa shape index (κ2) is 11.7. The maximum absolute atomic E-state index is 12.6. The zero-order chi connectivity index (χ0) is 21.6. The van der Waals surface area contributed by atoms with Crippen LogP contribution in [0.4, 0.5) is 11.5 Å². The molecule has 3 heterocycles. The van der Waals surface area contributed by atoms with E-state index in [1.807, 2.05) is 35.2 Å². The number of aliphatic imine (C=N–C) groups is 1. The number of fused-ring (bicyclic) bond motifs is 1. The van der Waals surface area contributed by atoms with Crippen LogP contribution < -0.4 is 20.4 Å². The Morgan fingerprint density at radius 2 is 2.09 bits per heavy atom. The van der Waals surface area contributed by atoms with Crippen LogP contribution in [0.2, 0.25) is 5.02 Å². The van der Waals surface area contributed by atoms with Crippen LogP contribution in [0.1, 0.15) is 24.8 Å². The highest BCUT2D eigenvalue weighted by Gasteiger charge is 2.26. The Morgan fingerprint density at radius 3 is 2.91 bits per heavy atom. The molecule has 2 N–H and O–H groups in total. The van der Waals surface area contributed by atoms with E-state index in [1.54, 1.807) is 13.2 Å². The highest BCUT2D eigenvalue weighted by molar-refractivity contribution is 14.0. The Morgan fingerprint density at radius 1 is 1.25 bits per heavy atom. The molecule has 0 radical (unpaired) electrons. The normalized spacial score (nSPS) is 17.7. The van der Waals surface area contributed by atoms with Gasteiger partial charge in [0.15, 0.2) is 5.96 Å². The predicted molar refractivity (Wildman–Crippen MR) is 142 cm³/mol. The van der Waals surface area contributed by atoms with E-state index in [0.717, 1.165) is 56.4 Å². The Balaban J connectivity index is 0.00000289. The van der Waals surface area contributed by atoms with Gasteiger partial charge in [0.2, 0.25) is 5.91 Å². The lowest BCUT2D eigenvalue weighted by Gasteiger charge is -2.20. The number of nitrogens with one attached hydrogen (secondary N) is 2. The van der Waals surface area contributed by atoms with Crippen LogP contribution in [0.3, 0.4) is 0 Å². The van der Waals surface area contributed by atoms with Gasteiger partial charge in [0, 0.05) is 57.6 Å². The van der Waals surface area contributed by atoms with E-state index in [-0.39, 0.29) is 35.9 Å². The maximum Gasteiger partial charge on any atom is 0.227 e. The van der Waals surface area contributed by atoms with E-state index in [9.17, 15) is 4.79 Å². The second-order valence-electron chi connectivity index (χ2n) is 7.91. The van der Waals surface area contributed by atoms with Gasteiger partial charge in [-0.15, -0.1) is 24.0 Å². The number of aromatic nitrogens is 1. The summed E-state index contributed by atoms with van der Waals surface area (Å²) in [5.41, 5.74) is 2.33. The zero-order valence-electron chi connectivity index (χ0n) is 18.3. The topological polar surface area (TPSA) is 72.9 Å². The molecule has 1 fully saturated rings. The third-order valence-electron chi connectivity index (χ3n) is 5.84. The summed E-state index contributed by atoms with van der Waals surface area (Å²) in [7, 11) is 1.77. The van der Waals surface area contributed by atoms with Crippen molar-refractivity contribution in [3.05, 3.63) is 53.2 Å². The van der Waals surface area contributed by atoms with E-state index in [0.29, 0.717) is 18.0 Å². The monoisotopic (exact) mass is 568 g/mol. The smallest absolute Gasteiger partial charge is 0.227 e. The predicted octanol–water partition coefficient (Wildman–Crippen LogP) is 3.47. The number of para-hydroxylation sites is 1. The Labute approximate surface area is 211 Å².